The van der Waals surface area contributed by atoms with E-state index in [0.717, 1.165) is 39.0 Å². The number of unbranched alkanes of at least 4 members (excludes halogenated alkanes) is 3. The zero-order valence-corrected chi connectivity index (χ0v) is 35.6. The Labute approximate surface area is 332 Å². The maximum absolute atomic E-state index is 12.4. The topological polar surface area (TPSA) is 85.3 Å². The summed E-state index contributed by atoms with van der Waals surface area (Å²) in [5, 5.41) is 4.55. The molecule has 12 heteroatoms. The SMILES string of the molecule is C/C=C/CCCC.CCCC.CNC(=O)NS(=O)c1ccc(CSc2ncc(C(C)(C)c3ccc(Cl)c(Cl)c3)n2-c2ccc(C)c(OC)c2)c(Cl)c1. The lowest BCUT2D eigenvalue weighted by molar-refractivity contribution is 0.248. The van der Waals surface area contributed by atoms with Crippen molar-refractivity contribution in [1.82, 2.24) is 19.6 Å². The number of thioether (sulfide) groups is 1. The number of aromatic nitrogens is 2. The van der Waals surface area contributed by atoms with Gasteiger partial charge in [-0.2, -0.15) is 0 Å². The van der Waals surface area contributed by atoms with Gasteiger partial charge in [0, 0.05) is 29.3 Å². The standard InChI is InChI=1S/C29H29Cl3N4O3S2.C7H14.C4H10/c1-17-6-9-20(13-25(17)39-5)36-26(29(2,3)19-8-11-22(30)24(32)12-19)15-34-28(36)40-16-18-7-10-21(14-23(18)31)41(38)35-27(37)33-4;1-3-5-7-6-4-2;1-3-4-2/h6-15H,16H2,1-5H3,(H2,33,35,37);3,5H,4,6-7H2,1-2H3;3-4H2,1-2H3/b;5-3+;. The van der Waals surface area contributed by atoms with E-state index in [2.05, 4.69) is 68.3 Å². The van der Waals surface area contributed by atoms with E-state index in [1.807, 2.05) is 43.5 Å². The van der Waals surface area contributed by atoms with Gasteiger partial charge < -0.3 is 10.1 Å². The molecule has 3 aromatic carbocycles. The second-order valence-corrected chi connectivity index (χ2v) is 15.7. The minimum atomic E-state index is -1.73. The molecule has 1 unspecified atom stereocenters. The Balaban J connectivity index is 0.000000741. The van der Waals surface area contributed by atoms with Crippen LogP contribution in [-0.2, 0) is 22.2 Å². The number of carbonyl (C=O) groups is 1. The molecule has 0 aliphatic heterocycles. The largest absolute Gasteiger partial charge is 0.496 e. The molecule has 4 aromatic rings. The van der Waals surface area contributed by atoms with Crippen molar-refractivity contribution in [3.8, 4) is 11.4 Å². The highest BCUT2D eigenvalue weighted by Crippen LogP contribution is 2.39. The highest BCUT2D eigenvalue weighted by molar-refractivity contribution is 7.98. The van der Waals surface area contributed by atoms with Gasteiger partial charge in [0.25, 0.3) is 0 Å². The van der Waals surface area contributed by atoms with Crippen molar-refractivity contribution in [2.24, 2.45) is 0 Å². The van der Waals surface area contributed by atoms with Gasteiger partial charge in [-0.15, -0.1) is 0 Å². The zero-order valence-electron chi connectivity index (χ0n) is 31.7. The predicted molar refractivity (Wildman–Crippen MR) is 223 cm³/mol. The molecular formula is C40H53Cl3N4O3S2. The number of imidazole rings is 1. The molecule has 0 saturated carbocycles. The average Bonchev–Trinajstić information content (AvgIpc) is 3.57. The number of hydrogen-bond acceptors (Lipinski definition) is 5. The third-order valence-corrected chi connectivity index (χ3v) is 11.3. The number of nitrogens with zero attached hydrogens (tertiary/aromatic N) is 2. The second kappa shape index (κ2) is 23.0. The first kappa shape index (κ1) is 45.2. The first-order valence-electron chi connectivity index (χ1n) is 17.4. The van der Waals surface area contributed by atoms with E-state index in [-0.39, 0.29) is 0 Å². The quantitative estimate of drug-likeness (QED) is 0.0798. The van der Waals surface area contributed by atoms with Crippen molar-refractivity contribution in [3.05, 3.63) is 110 Å². The van der Waals surface area contributed by atoms with E-state index < -0.39 is 22.4 Å². The molecule has 0 spiro atoms. The molecule has 0 saturated heterocycles. The second-order valence-electron chi connectivity index (χ2n) is 12.4. The van der Waals surface area contributed by atoms with Crippen molar-refractivity contribution in [2.45, 2.75) is 102 Å². The van der Waals surface area contributed by atoms with Crippen molar-refractivity contribution in [2.75, 3.05) is 14.2 Å². The smallest absolute Gasteiger partial charge is 0.326 e. The van der Waals surface area contributed by atoms with E-state index in [1.165, 1.54) is 50.9 Å². The lowest BCUT2D eigenvalue weighted by atomic mass is 9.81. The predicted octanol–water partition coefficient (Wildman–Crippen LogP) is 12.3. The van der Waals surface area contributed by atoms with Crippen LogP contribution in [-0.4, -0.2) is 33.9 Å². The van der Waals surface area contributed by atoms with Crippen molar-refractivity contribution < 1.29 is 13.7 Å². The van der Waals surface area contributed by atoms with E-state index in [1.54, 1.807) is 31.4 Å². The number of carbonyl (C=O) groups excluding carboxylic acids is 1. The molecule has 0 radical (unpaired) electrons. The number of amides is 2. The van der Waals surface area contributed by atoms with Crippen LogP contribution in [0.5, 0.6) is 5.75 Å². The Bertz CT molecular complexity index is 1790. The van der Waals surface area contributed by atoms with Gasteiger partial charge in [0.15, 0.2) is 16.1 Å². The Morgan fingerprint density at radius 2 is 1.69 bits per heavy atom. The number of nitrogens with one attached hydrogen (secondary N) is 2. The fourth-order valence-electron chi connectivity index (χ4n) is 4.69. The lowest BCUT2D eigenvalue weighted by Crippen LogP contribution is -2.34. The Morgan fingerprint density at radius 1 is 0.981 bits per heavy atom. The Kier molecular flexibility index (Phi) is 20.0. The molecule has 2 N–H and O–H groups in total. The number of rotatable bonds is 13. The third kappa shape index (κ3) is 13.2. The van der Waals surface area contributed by atoms with E-state index in [0.29, 0.717) is 25.7 Å². The summed E-state index contributed by atoms with van der Waals surface area (Å²) in [5.74, 6) is 1.27. The number of benzene rings is 3. The molecule has 1 heterocycles. The first-order chi connectivity index (χ1) is 24.8. The summed E-state index contributed by atoms with van der Waals surface area (Å²) in [6.07, 6.45) is 12.7. The van der Waals surface area contributed by atoms with Crippen molar-refractivity contribution >= 4 is 63.6 Å². The van der Waals surface area contributed by atoms with Crippen LogP contribution in [0.15, 0.2) is 83.0 Å². The van der Waals surface area contributed by atoms with Crippen LogP contribution in [0.25, 0.3) is 5.69 Å². The van der Waals surface area contributed by atoms with Gasteiger partial charge in [-0.3, -0.25) is 9.29 Å². The van der Waals surface area contributed by atoms with Gasteiger partial charge in [0.05, 0.1) is 39.6 Å². The number of hydrogen-bond donors (Lipinski definition) is 2. The van der Waals surface area contributed by atoms with E-state index in [4.69, 9.17) is 44.5 Å². The highest BCUT2D eigenvalue weighted by Gasteiger charge is 2.30. The van der Waals surface area contributed by atoms with E-state index >= 15 is 0 Å². The molecule has 4 rings (SSSR count). The van der Waals surface area contributed by atoms with Crippen molar-refractivity contribution in [3.63, 3.8) is 0 Å². The minimum Gasteiger partial charge on any atom is -0.496 e. The molecule has 284 valence electrons. The molecule has 1 aromatic heterocycles. The van der Waals surface area contributed by atoms with Gasteiger partial charge in [0.1, 0.15) is 5.75 Å². The Morgan fingerprint density at radius 3 is 2.27 bits per heavy atom. The van der Waals surface area contributed by atoms with Gasteiger partial charge in [-0.25, -0.2) is 14.0 Å². The average molecular weight is 808 g/mol. The normalized spacial score (nSPS) is 11.6. The number of ether oxygens (including phenoxy) is 1. The fraction of sp³-hybridized carbons (Fsp3) is 0.400. The maximum Gasteiger partial charge on any atom is 0.326 e. The number of allylic oxidation sites excluding steroid dienone is 2. The summed E-state index contributed by atoms with van der Waals surface area (Å²) in [7, 11) is 1.37. The number of aryl methyl sites for hydroxylation is 1. The molecule has 0 fully saturated rings. The van der Waals surface area contributed by atoms with Crippen molar-refractivity contribution in [1.29, 1.82) is 0 Å². The number of halogens is 3. The van der Waals surface area contributed by atoms with Gasteiger partial charge in [0.2, 0.25) is 0 Å². The van der Waals surface area contributed by atoms with E-state index in [9.17, 15) is 9.00 Å². The molecule has 7 nitrogen and oxygen atoms in total. The molecule has 1 atom stereocenters. The number of methoxy groups -OCH3 is 1. The molecule has 2 amide bonds. The van der Waals surface area contributed by atoms with Crippen LogP contribution in [0.1, 0.15) is 96.0 Å². The Hall–Kier alpha value is -2.95. The minimum absolute atomic E-state index is 0.395. The summed E-state index contributed by atoms with van der Waals surface area (Å²) in [4.78, 5) is 16.7. The summed E-state index contributed by atoms with van der Waals surface area (Å²) >= 11 is 20.7. The third-order valence-electron chi connectivity index (χ3n) is 8.13. The zero-order chi connectivity index (χ0) is 38.8. The highest BCUT2D eigenvalue weighted by atomic mass is 35.5. The maximum atomic E-state index is 12.4. The van der Waals surface area contributed by atoms with Crippen LogP contribution in [0.2, 0.25) is 15.1 Å². The van der Waals surface area contributed by atoms with Crippen LogP contribution in [0.4, 0.5) is 4.79 Å². The van der Waals surface area contributed by atoms with Gasteiger partial charge in [-0.1, -0.05) is 137 Å². The first-order valence-corrected chi connectivity index (χ1v) is 20.7. The van der Waals surface area contributed by atoms with Gasteiger partial charge in [-0.05, 0) is 67.3 Å². The summed E-state index contributed by atoms with van der Waals surface area (Å²) in [6.45, 7) is 14.9. The van der Waals surface area contributed by atoms with Crippen LogP contribution in [0.3, 0.4) is 0 Å². The molecule has 0 aliphatic carbocycles. The monoisotopic (exact) mass is 806 g/mol. The molecular weight excluding hydrogens is 755 g/mol. The molecule has 0 aliphatic rings. The molecule has 0 bridgehead atoms. The lowest BCUT2D eigenvalue weighted by Gasteiger charge is -2.28. The van der Waals surface area contributed by atoms with Crippen LogP contribution >= 0.6 is 46.6 Å². The van der Waals surface area contributed by atoms with Crippen LogP contribution in [0, 0.1) is 6.92 Å². The summed E-state index contributed by atoms with van der Waals surface area (Å²) < 4.78 is 22.5. The summed E-state index contributed by atoms with van der Waals surface area (Å²) in [5.41, 5.74) is 4.19. The van der Waals surface area contributed by atoms with Crippen LogP contribution < -0.4 is 14.8 Å². The summed E-state index contributed by atoms with van der Waals surface area (Å²) in [6, 6.07) is 16.2. The van der Waals surface area contributed by atoms with Gasteiger partial charge >= 0.3 is 6.03 Å². The number of urea groups is 1. The molecule has 52 heavy (non-hydrogen) atoms. The fourth-order valence-corrected chi connectivity index (χ4v) is 7.18.